The van der Waals surface area contributed by atoms with Crippen LogP contribution in [-0.4, -0.2) is 37.4 Å². The normalized spacial score (nSPS) is 11.1. The summed E-state index contributed by atoms with van der Waals surface area (Å²) in [6.07, 6.45) is 1.47. The number of nitrogen functional groups attached to an aromatic ring is 1. The number of para-hydroxylation sites is 1. The summed E-state index contributed by atoms with van der Waals surface area (Å²) in [6.45, 7) is 0.213. The molecule has 0 saturated heterocycles. The highest BCUT2D eigenvalue weighted by Crippen LogP contribution is 2.23. The first-order valence-corrected chi connectivity index (χ1v) is 12.4. The Morgan fingerprint density at radius 1 is 1.00 bits per heavy atom. The lowest BCUT2D eigenvalue weighted by Crippen LogP contribution is -2.21. The van der Waals surface area contributed by atoms with Crippen molar-refractivity contribution in [1.82, 2.24) is 30.7 Å². The van der Waals surface area contributed by atoms with E-state index in [0.29, 0.717) is 21.5 Å². The molecule has 0 atom stereocenters. The van der Waals surface area contributed by atoms with Crippen LogP contribution >= 0.6 is 23.2 Å². The maximum Gasteiger partial charge on any atom is 0.293 e. The van der Waals surface area contributed by atoms with Crippen molar-refractivity contribution < 1.29 is 18.9 Å². The zero-order chi connectivity index (χ0) is 27.9. The van der Waals surface area contributed by atoms with E-state index < -0.39 is 5.91 Å². The predicted octanol–water partition coefficient (Wildman–Crippen LogP) is 4.46. The van der Waals surface area contributed by atoms with E-state index in [2.05, 4.69) is 35.8 Å². The van der Waals surface area contributed by atoms with Crippen molar-refractivity contribution >= 4 is 41.1 Å². The lowest BCUT2D eigenvalue weighted by Gasteiger charge is -2.08. The zero-order valence-electron chi connectivity index (χ0n) is 20.6. The van der Waals surface area contributed by atoms with E-state index in [1.54, 1.807) is 48.5 Å². The molecule has 0 fully saturated rings. The molecule has 0 aliphatic rings. The molecular formula is C26H20Cl2N8O4. The minimum Gasteiger partial charge on any atom is -0.489 e. The molecule has 1 amide bonds. The number of ether oxygens (including phenoxy) is 2. The molecule has 3 N–H and O–H groups in total. The van der Waals surface area contributed by atoms with Crippen LogP contribution < -0.4 is 20.6 Å². The fourth-order valence-electron chi connectivity index (χ4n) is 3.45. The molecule has 12 nitrogen and oxygen atoms in total. The van der Waals surface area contributed by atoms with Crippen LogP contribution in [0.3, 0.4) is 0 Å². The van der Waals surface area contributed by atoms with Crippen molar-refractivity contribution in [3.63, 3.8) is 0 Å². The fourth-order valence-corrected chi connectivity index (χ4v) is 3.92. The number of carbonyl (C=O) groups is 1. The third-order valence-electron chi connectivity index (χ3n) is 5.46. The number of aromatic nitrogens is 5. The summed E-state index contributed by atoms with van der Waals surface area (Å²) in [5.74, 6) is 0.633. The van der Waals surface area contributed by atoms with E-state index in [1.807, 2.05) is 24.3 Å². The first kappa shape index (κ1) is 26.7. The van der Waals surface area contributed by atoms with Gasteiger partial charge in [0.1, 0.15) is 30.4 Å². The van der Waals surface area contributed by atoms with Crippen LogP contribution in [0, 0.1) is 0 Å². The Balaban J connectivity index is 1.24. The van der Waals surface area contributed by atoms with Gasteiger partial charge in [0.15, 0.2) is 5.69 Å². The van der Waals surface area contributed by atoms with Gasteiger partial charge in [0.05, 0.1) is 6.21 Å². The Bertz CT molecular complexity index is 1640. The molecule has 2 aromatic heterocycles. The lowest BCUT2D eigenvalue weighted by molar-refractivity contribution is 0.0947. The maximum absolute atomic E-state index is 12.9. The van der Waals surface area contributed by atoms with Gasteiger partial charge in [-0.25, -0.2) is 10.1 Å². The minimum atomic E-state index is -0.621. The van der Waals surface area contributed by atoms with Crippen molar-refractivity contribution in [1.29, 1.82) is 0 Å². The van der Waals surface area contributed by atoms with Crippen molar-refractivity contribution in [2.45, 2.75) is 13.2 Å². The van der Waals surface area contributed by atoms with Crippen molar-refractivity contribution in [3.8, 4) is 17.3 Å². The zero-order valence-corrected chi connectivity index (χ0v) is 22.1. The van der Waals surface area contributed by atoms with E-state index in [1.165, 1.54) is 10.9 Å². The molecule has 0 aliphatic carbocycles. The fraction of sp³-hybridized carbons (Fsp3) is 0.0769. The number of amides is 1. The minimum absolute atomic E-state index is 0.0282. The molecule has 2 heterocycles. The summed E-state index contributed by atoms with van der Waals surface area (Å²) in [5, 5.41) is 20.3. The summed E-state index contributed by atoms with van der Waals surface area (Å²) in [5.41, 5.74) is 10.0. The first-order chi connectivity index (χ1) is 19.5. The van der Waals surface area contributed by atoms with E-state index in [9.17, 15) is 4.79 Å². The van der Waals surface area contributed by atoms with Gasteiger partial charge in [0.2, 0.25) is 11.6 Å². The number of nitrogens with zero attached hydrogens (tertiary/aromatic N) is 6. The van der Waals surface area contributed by atoms with Crippen LogP contribution in [0.2, 0.25) is 10.0 Å². The summed E-state index contributed by atoms with van der Waals surface area (Å²) >= 11 is 12.1. The highest BCUT2D eigenvalue weighted by Gasteiger charge is 2.24. The van der Waals surface area contributed by atoms with Gasteiger partial charge < -0.3 is 15.2 Å². The number of nitrogens with two attached hydrogens (primary N) is 1. The number of benzene rings is 3. The number of nitrogens with one attached hydrogen (secondary N) is 1. The maximum atomic E-state index is 12.9. The van der Waals surface area contributed by atoms with Gasteiger partial charge in [-0.3, -0.25) is 4.79 Å². The number of rotatable bonds is 10. The number of hydrogen-bond acceptors (Lipinski definition) is 10. The van der Waals surface area contributed by atoms with Crippen LogP contribution in [0.4, 0.5) is 5.82 Å². The van der Waals surface area contributed by atoms with Crippen LogP contribution in [0.25, 0.3) is 5.82 Å². The van der Waals surface area contributed by atoms with Crippen LogP contribution in [0.15, 0.2) is 82.5 Å². The van der Waals surface area contributed by atoms with Crippen molar-refractivity contribution in [2.24, 2.45) is 5.10 Å². The van der Waals surface area contributed by atoms with Gasteiger partial charge >= 0.3 is 0 Å². The molecule has 202 valence electrons. The summed E-state index contributed by atoms with van der Waals surface area (Å²) in [6, 6.07) is 21.4. The second-order valence-corrected chi connectivity index (χ2v) is 9.01. The number of anilines is 1. The topological polar surface area (TPSA) is 156 Å². The SMILES string of the molecule is Nc1nonc1-n1nnc(C(=O)NN=Cc2ccc(OCc3ccc(Cl)cc3Cl)cc2)c1COc1ccccc1. The Morgan fingerprint density at radius 3 is 2.48 bits per heavy atom. The molecule has 5 aromatic rings. The molecule has 14 heteroatoms. The molecule has 0 radical (unpaired) electrons. The van der Waals surface area contributed by atoms with Gasteiger partial charge in [-0.2, -0.15) is 9.78 Å². The molecule has 5 rings (SSSR count). The molecule has 3 aromatic carbocycles. The van der Waals surface area contributed by atoms with E-state index in [4.69, 9.17) is 38.4 Å². The van der Waals surface area contributed by atoms with Crippen molar-refractivity contribution in [3.05, 3.63) is 105 Å². The molecule has 0 aliphatic heterocycles. The van der Waals surface area contributed by atoms with Gasteiger partial charge in [-0.1, -0.05) is 52.7 Å². The number of halogens is 2. The average molecular weight is 579 g/mol. The highest BCUT2D eigenvalue weighted by atomic mass is 35.5. The summed E-state index contributed by atoms with van der Waals surface area (Å²) < 4.78 is 17.5. The van der Waals surface area contributed by atoms with Crippen LogP contribution in [0.1, 0.15) is 27.3 Å². The quantitative estimate of drug-likeness (QED) is 0.180. The van der Waals surface area contributed by atoms with Gasteiger partial charge in [-0.05, 0) is 64.4 Å². The molecular weight excluding hydrogens is 559 g/mol. The van der Waals surface area contributed by atoms with Gasteiger partial charge in [-0.15, -0.1) is 5.10 Å². The molecule has 0 spiro atoms. The number of carbonyl (C=O) groups excluding carboxylic acids is 1. The smallest absolute Gasteiger partial charge is 0.293 e. The Kier molecular flexibility index (Phi) is 8.18. The molecule has 0 unspecified atom stereocenters. The third kappa shape index (κ3) is 6.37. The Morgan fingerprint density at radius 2 is 1.75 bits per heavy atom. The lowest BCUT2D eigenvalue weighted by atomic mass is 10.2. The monoisotopic (exact) mass is 578 g/mol. The number of hydrazone groups is 1. The van der Waals surface area contributed by atoms with E-state index in [0.717, 1.165) is 11.1 Å². The second-order valence-electron chi connectivity index (χ2n) is 8.16. The third-order valence-corrected chi connectivity index (χ3v) is 6.05. The van der Waals surface area contributed by atoms with Crippen molar-refractivity contribution in [2.75, 3.05) is 5.73 Å². The van der Waals surface area contributed by atoms with E-state index in [-0.39, 0.29) is 36.2 Å². The average Bonchev–Trinajstić information content (AvgIpc) is 3.58. The molecule has 0 bridgehead atoms. The van der Waals surface area contributed by atoms with Crippen LogP contribution in [0.5, 0.6) is 11.5 Å². The molecule has 0 saturated carbocycles. The summed E-state index contributed by atoms with van der Waals surface area (Å²) in [4.78, 5) is 12.9. The van der Waals surface area contributed by atoms with Crippen LogP contribution in [-0.2, 0) is 13.2 Å². The highest BCUT2D eigenvalue weighted by molar-refractivity contribution is 6.35. The first-order valence-electron chi connectivity index (χ1n) is 11.7. The van der Waals surface area contributed by atoms with E-state index >= 15 is 0 Å². The Hall–Kier alpha value is -4.94. The van der Waals surface area contributed by atoms with Gasteiger partial charge in [0, 0.05) is 15.6 Å². The second kappa shape index (κ2) is 12.3. The Labute approximate surface area is 237 Å². The summed E-state index contributed by atoms with van der Waals surface area (Å²) in [7, 11) is 0. The predicted molar refractivity (Wildman–Crippen MR) is 147 cm³/mol. The van der Waals surface area contributed by atoms with Gasteiger partial charge in [0.25, 0.3) is 5.91 Å². The largest absolute Gasteiger partial charge is 0.489 e. The molecule has 40 heavy (non-hydrogen) atoms. The standard InChI is InChI=1S/C26H20Cl2N8O4/c27-18-9-8-17(21(28)12-18)14-38-20-10-6-16(7-11-20)13-30-32-26(37)23-22(15-39-19-4-2-1-3-5-19)36(35-31-23)25-24(29)33-40-34-25/h1-13H,14-15H2,(H2,29,33)(H,32,37). The number of hydrogen-bond donors (Lipinski definition) is 2.